The fourth-order valence-corrected chi connectivity index (χ4v) is 6.01. The molecule has 0 spiro atoms. The molecule has 0 unspecified atom stereocenters. The number of fused-ring (bicyclic) bond motifs is 1. The molecule has 198 valence electrons. The maximum absolute atomic E-state index is 13.2. The van der Waals surface area contributed by atoms with Crippen molar-refractivity contribution < 1.29 is 19.1 Å². The van der Waals surface area contributed by atoms with Crippen LogP contribution in [-0.4, -0.2) is 47.5 Å². The number of benzene rings is 2. The molecule has 1 saturated heterocycles. The molecule has 3 aliphatic rings. The minimum atomic E-state index is -0.182. The van der Waals surface area contributed by atoms with Crippen LogP contribution >= 0.6 is 11.3 Å². The zero-order chi connectivity index (χ0) is 26.1. The second-order valence-corrected chi connectivity index (χ2v) is 11.4. The van der Waals surface area contributed by atoms with E-state index in [0.717, 1.165) is 67.1 Å². The minimum Gasteiger partial charge on any atom is -0.486 e. The van der Waals surface area contributed by atoms with E-state index in [-0.39, 0.29) is 36.5 Å². The third-order valence-corrected chi connectivity index (χ3v) is 8.43. The van der Waals surface area contributed by atoms with Crippen molar-refractivity contribution in [3.05, 3.63) is 80.8 Å². The van der Waals surface area contributed by atoms with Gasteiger partial charge in [-0.1, -0.05) is 35.9 Å². The molecule has 2 fully saturated rings. The smallest absolute Gasteiger partial charge is 0.270 e. The number of amides is 2. The maximum Gasteiger partial charge on any atom is 0.270 e. The van der Waals surface area contributed by atoms with Gasteiger partial charge in [-0.25, -0.2) is 4.98 Å². The fraction of sp³-hybridized carbons (Fsp3) is 0.433. The Kier molecular flexibility index (Phi) is 7.17. The Morgan fingerprint density at radius 1 is 1.16 bits per heavy atom. The highest BCUT2D eigenvalue weighted by atomic mass is 32.1. The Morgan fingerprint density at radius 3 is 2.76 bits per heavy atom. The standard InChI is InChI=1S/C30H33N3O4S/c1-19-4-6-21(7-5-19)28-25-15-23(11-10-20(25)12-13-33(28)30(35)22-8-9-22)37-17-27-32-26(18-38-27)29(34)31-16-24-3-2-14-36-24/h4-7,10-11,15,18,22,24,28H,2-3,8-9,12-14,16-17H2,1H3,(H,31,34)/t24-,28+/m0/s1. The summed E-state index contributed by atoms with van der Waals surface area (Å²) in [6.45, 7) is 4.37. The van der Waals surface area contributed by atoms with E-state index in [1.807, 2.05) is 6.07 Å². The number of aryl methyl sites for hydroxylation is 1. The number of carbonyl (C=O) groups excluding carboxylic acids is 2. The van der Waals surface area contributed by atoms with Crippen LogP contribution in [0.5, 0.6) is 5.75 Å². The van der Waals surface area contributed by atoms with Gasteiger partial charge in [0.25, 0.3) is 5.91 Å². The zero-order valence-electron chi connectivity index (χ0n) is 21.7. The van der Waals surface area contributed by atoms with Gasteiger partial charge in [0.2, 0.25) is 5.91 Å². The third kappa shape index (κ3) is 5.47. The van der Waals surface area contributed by atoms with Crippen molar-refractivity contribution in [3.63, 3.8) is 0 Å². The molecule has 2 atom stereocenters. The molecule has 2 amide bonds. The lowest BCUT2D eigenvalue weighted by Crippen LogP contribution is -2.41. The molecular weight excluding hydrogens is 498 g/mol. The van der Waals surface area contributed by atoms with Crippen LogP contribution in [0.25, 0.3) is 0 Å². The number of thiazole rings is 1. The Balaban J connectivity index is 1.16. The highest BCUT2D eigenvalue weighted by Gasteiger charge is 2.39. The topological polar surface area (TPSA) is 80.8 Å². The van der Waals surface area contributed by atoms with Gasteiger partial charge in [-0.2, -0.15) is 0 Å². The lowest BCUT2D eigenvalue weighted by molar-refractivity contribution is -0.134. The van der Waals surface area contributed by atoms with Crippen molar-refractivity contribution in [3.8, 4) is 5.75 Å². The van der Waals surface area contributed by atoms with Crippen LogP contribution in [0.1, 0.15) is 69.5 Å². The number of ether oxygens (including phenoxy) is 2. The molecule has 6 rings (SSSR count). The Labute approximate surface area is 227 Å². The van der Waals surface area contributed by atoms with Crippen molar-refractivity contribution in [2.75, 3.05) is 19.7 Å². The molecule has 1 N–H and O–H groups in total. The molecule has 0 bridgehead atoms. The van der Waals surface area contributed by atoms with Crippen LogP contribution < -0.4 is 10.1 Å². The quantitative estimate of drug-likeness (QED) is 0.451. The minimum absolute atomic E-state index is 0.101. The molecule has 38 heavy (non-hydrogen) atoms. The van der Waals surface area contributed by atoms with E-state index in [2.05, 4.69) is 58.5 Å². The lowest BCUT2D eigenvalue weighted by Gasteiger charge is -2.38. The summed E-state index contributed by atoms with van der Waals surface area (Å²) < 4.78 is 11.7. The predicted molar refractivity (Wildman–Crippen MR) is 145 cm³/mol. The molecule has 1 saturated carbocycles. The molecule has 1 aromatic heterocycles. The first-order valence-corrected chi connectivity index (χ1v) is 14.4. The number of hydrogen-bond acceptors (Lipinski definition) is 6. The van der Waals surface area contributed by atoms with Crippen LogP contribution in [0.4, 0.5) is 0 Å². The van der Waals surface area contributed by atoms with E-state index in [0.29, 0.717) is 12.2 Å². The summed E-state index contributed by atoms with van der Waals surface area (Å²) in [7, 11) is 0. The van der Waals surface area contributed by atoms with Gasteiger partial charge in [0.05, 0.1) is 12.1 Å². The van der Waals surface area contributed by atoms with Crippen LogP contribution in [0.2, 0.25) is 0 Å². The first-order chi connectivity index (χ1) is 18.5. The van der Waals surface area contributed by atoms with Gasteiger partial charge in [0.15, 0.2) is 0 Å². The highest BCUT2D eigenvalue weighted by molar-refractivity contribution is 7.09. The van der Waals surface area contributed by atoms with Crippen LogP contribution in [-0.2, 0) is 22.6 Å². The van der Waals surface area contributed by atoms with Crippen LogP contribution in [0.3, 0.4) is 0 Å². The molecule has 1 aliphatic carbocycles. The summed E-state index contributed by atoms with van der Waals surface area (Å²) in [5.41, 5.74) is 5.11. The zero-order valence-corrected chi connectivity index (χ0v) is 22.5. The van der Waals surface area contributed by atoms with Crippen LogP contribution in [0, 0.1) is 12.8 Å². The number of hydrogen-bond donors (Lipinski definition) is 1. The summed E-state index contributed by atoms with van der Waals surface area (Å²) in [6.07, 6.45) is 4.95. The van der Waals surface area contributed by atoms with E-state index in [9.17, 15) is 9.59 Å². The highest BCUT2D eigenvalue weighted by Crippen LogP contribution is 2.41. The van der Waals surface area contributed by atoms with Gasteiger partial charge < -0.3 is 19.7 Å². The second-order valence-electron chi connectivity index (χ2n) is 10.5. The molecule has 3 aromatic rings. The van der Waals surface area contributed by atoms with E-state index >= 15 is 0 Å². The first-order valence-electron chi connectivity index (χ1n) is 13.5. The molecular formula is C30H33N3O4S. The molecule has 8 heteroatoms. The molecule has 0 radical (unpaired) electrons. The SMILES string of the molecule is Cc1ccc([C@@H]2c3cc(OCc4nc(C(=O)NC[C@@H]5CCCO5)cs4)ccc3CCN2C(=O)C2CC2)cc1. The number of aromatic nitrogens is 1. The summed E-state index contributed by atoms with van der Waals surface area (Å²) in [4.78, 5) is 32.3. The van der Waals surface area contributed by atoms with Crippen LogP contribution in [0.15, 0.2) is 47.8 Å². The van der Waals surface area contributed by atoms with Crippen molar-refractivity contribution >= 4 is 23.2 Å². The van der Waals surface area contributed by atoms with Gasteiger partial charge in [0, 0.05) is 31.0 Å². The molecule has 7 nitrogen and oxygen atoms in total. The molecule has 2 aromatic carbocycles. The van der Waals surface area contributed by atoms with E-state index in [4.69, 9.17) is 9.47 Å². The first kappa shape index (κ1) is 25.1. The monoisotopic (exact) mass is 531 g/mol. The number of carbonyl (C=O) groups is 2. The van der Waals surface area contributed by atoms with Crippen molar-refractivity contribution in [1.29, 1.82) is 0 Å². The predicted octanol–water partition coefficient (Wildman–Crippen LogP) is 4.82. The van der Waals surface area contributed by atoms with Gasteiger partial charge in [-0.15, -0.1) is 11.3 Å². The van der Waals surface area contributed by atoms with Gasteiger partial charge in [0.1, 0.15) is 23.1 Å². The number of nitrogens with one attached hydrogen (secondary N) is 1. The summed E-state index contributed by atoms with van der Waals surface area (Å²) >= 11 is 1.42. The normalized spacial score (nSPS) is 20.7. The van der Waals surface area contributed by atoms with E-state index in [1.54, 1.807) is 5.38 Å². The van der Waals surface area contributed by atoms with Crippen molar-refractivity contribution in [2.24, 2.45) is 5.92 Å². The van der Waals surface area contributed by atoms with Gasteiger partial charge in [-0.3, -0.25) is 9.59 Å². The summed E-state index contributed by atoms with van der Waals surface area (Å²) in [5.74, 6) is 0.992. The number of nitrogens with zero attached hydrogens (tertiary/aromatic N) is 2. The van der Waals surface area contributed by atoms with Gasteiger partial charge >= 0.3 is 0 Å². The van der Waals surface area contributed by atoms with Crippen molar-refractivity contribution in [1.82, 2.24) is 15.2 Å². The van der Waals surface area contributed by atoms with E-state index < -0.39 is 0 Å². The molecule has 3 heterocycles. The Bertz CT molecular complexity index is 1310. The maximum atomic E-state index is 13.2. The second kappa shape index (κ2) is 10.9. The Morgan fingerprint density at radius 2 is 2.00 bits per heavy atom. The third-order valence-electron chi connectivity index (χ3n) is 7.61. The molecule has 2 aliphatic heterocycles. The average Bonchev–Trinajstić information content (AvgIpc) is 3.44. The average molecular weight is 532 g/mol. The lowest BCUT2D eigenvalue weighted by atomic mass is 9.87. The summed E-state index contributed by atoms with van der Waals surface area (Å²) in [5, 5.41) is 5.43. The van der Waals surface area contributed by atoms with E-state index in [1.165, 1.54) is 22.5 Å². The fourth-order valence-electron chi connectivity index (χ4n) is 5.32. The summed E-state index contributed by atoms with van der Waals surface area (Å²) in [6, 6.07) is 14.6. The van der Waals surface area contributed by atoms with Crippen molar-refractivity contribution in [2.45, 2.75) is 57.8 Å². The van der Waals surface area contributed by atoms with Gasteiger partial charge in [-0.05, 0) is 67.9 Å². The number of rotatable bonds is 8. The Hall–Kier alpha value is -3.23. The largest absolute Gasteiger partial charge is 0.486 e.